The van der Waals surface area contributed by atoms with E-state index >= 15 is 0 Å². The highest BCUT2D eigenvalue weighted by Crippen LogP contribution is 2.15. The number of nitrogens with zero attached hydrogens (tertiary/aromatic N) is 2. The topological polar surface area (TPSA) is 42.4 Å². The Kier molecular flexibility index (Phi) is 4.77. The first-order valence-electron chi connectivity index (χ1n) is 6.67. The first-order valence-corrected chi connectivity index (χ1v) is 7.05. The molecule has 0 aliphatic carbocycles. The molecule has 2 heterocycles. The summed E-state index contributed by atoms with van der Waals surface area (Å²) in [4.78, 5) is 18.5. The Morgan fingerprint density at radius 3 is 3.11 bits per heavy atom. The lowest BCUT2D eigenvalue weighted by atomic mass is 10.1. The average molecular weight is 283 g/mol. The van der Waals surface area contributed by atoms with E-state index in [4.69, 9.17) is 16.3 Å². The molecule has 1 aliphatic heterocycles. The summed E-state index contributed by atoms with van der Waals surface area (Å²) in [5.41, 5.74) is 1.46. The Hall–Kier alpha value is -1.13. The van der Waals surface area contributed by atoms with E-state index in [9.17, 15) is 4.79 Å². The second-order valence-electron chi connectivity index (χ2n) is 4.81. The molecule has 0 N–H and O–H groups in total. The minimum absolute atomic E-state index is 0.0105. The van der Waals surface area contributed by atoms with Crippen molar-refractivity contribution in [1.82, 2.24) is 9.88 Å². The van der Waals surface area contributed by atoms with Crippen molar-refractivity contribution in [1.29, 1.82) is 0 Å². The highest BCUT2D eigenvalue weighted by molar-refractivity contribution is 6.29. The number of rotatable bonds is 2. The number of hydrogen-bond donors (Lipinski definition) is 0. The van der Waals surface area contributed by atoms with Gasteiger partial charge < -0.3 is 9.64 Å². The number of hydrogen-bond acceptors (Lipinski definition) is 3. The van der Waals surface area contributed by atoms with Gasteiger partial charge in [-0.25, -0.2) is 4.98 Å². The van der Waals surface area contributed by atoms with Crippen LogP contribution < -0.4 is 0 Å². The molecule has 1 aliphatic rings. The largest absolute Gasteiger partial charge is 0.377 e. The number of amides is 1. The Morgan fingerprint density at radius 1 is 1.58 bits per heavy atom. The van der Waals surface area contributed by atoms with Crippen molar-refractivity contribution in [3.05, 3.63) is 28.5 Å². The Bertz CT molecular complexity index is 465. The van der Waals surface area contributed by atoms with Gasteiger partial charge in [-0.1, -0.05) is 18.5 Å². The molecule has 1 aromatic rings. The van der Waals surface area contributed by atoms with Gasteiger partial charge in [-0.3, -0.25) is 4.79 Å². The Balaban J connectivity index is 2.20. The van der Waals surface area contributed by atoms with Gasteiger partial charge in [0.2, 0.25) is 0 Å². The number of halogens is 1. The zero-order valence-corrected chi connectivity index (χ0v) is 12.1. The Labute approximate surface area is 118 Å². The fourth-order valence-corrected chi connectivity index (χ4v) is 2.44. The van der Waals surface area contributed by atoms with Crippen LogP contribution in [0.15, 0.2) is 12.1 Å². The predicted molar refractivity (Wildman–Crippen MR) is 74.6 cm³/mol. The standard InChI is InChI=1S/C14H19ClN2O2/c1-3-12-7-11(8-13(15)16-12)14(18)17-5-4-6-19-10(2)9-17/h7-8,10H,3-6,9H2,1-2H3. The molecule has 2 rings (SSSR count). The highest BCUT2D eigenvalue weighted by atomic mass is 35.5. The maximum Gasteiger partial charge on any atom is 0.254 e. The summed E-state index contributed by atoms with van der Waals surface area (Å²) in [5.74, 6) is 0.0105. The van der Waals surface area contributed by atoms with E-state index in [2.05, 4.69) is 4.98 Å². The van der Waals surface area contributed by atoms with Crippen molar-refractivity contribution in [3.63, 3.8) is 0 Å². The van der Waals surface area contributed by atoms with Crippen molar-refractivity contribution in [3.8, 4) is 0 Å². The minimum Gasteiger partial charge on any atom is -0.377 e. The highest BCUT2D eigenvalue weighted by Gasteiger charge is 2.21. The molecule has 104 valence electrons. The molecule has 1 amide bonds. The van der Waals surface area contributed by atoms with E-state index in [1.807, 2.05) is 24.8 Å². The van der Waals surface area contributed by atoms with E-state index in [1.54, 1.807) is 6.07 Å². The van der Waals surface area contributed by atoms with Crippen LogP contribution in [0.5, 0.6) is 0 Å². The van der Waals surface area contributed by atoms with Crippen molar-refractivity contribution in [2.75, 3.05) is 19.7 Å². The fourth-order valence-electron chi connectivity index (χ4n) is 2.22. The summed E-state index contributed by atoms with van der Waals surface area (Å²) in [6.45, 7) is 6.05. The summed E-state index contributed by atoms with van der Waals surface area (Å²) in [6, 6.07) is 3.46. The van der Waals surface area contributed by atoms with Crippen LogP contribution in [-0.4, -0.2) is 41.6 Å². The van der Waals surface area contributed by atoms with E-state index in [0.717, 1.165) is 25.1 Å². The van der Waals surface area contributed by atoms with Crippen molar-refractivity contribution < 1.29 is 9.53 Å². The van der Waals surface area contributed by atoms with Gasteiger partial charge in [0.15, 0.2) is 0 Å². The number of aromatic nitrogens is 1. The lowest BCUT2D eigenvalue weighted by molar-refractivity contribution is 0.0562. The summed E-state index contributed by atoms with van der Waals surface area (Å²) < 4.78 is 5.56. The molecule has 0 radical (unpaired) electrons. The molecule has 0 bridgehead atoms. The molecular formula is C14H19ClN2O2. The van der Waals surface area contributed by atoms with Gasteiger partial charge in [0.1, 0.15) is 5.15 Å². The number of ether oxygens (including phenoxy) is 1. The number of carbonyl (C=O) groups is 1. The predicted octanol–water partition coefficient (Wildman–Crippen LogP) is 2.55. The van der Waals surface area contributed by atoms with Crippen LogP contribution in [-0.2, 0) is 11.2 Å². The van der Waals surface area contributed by atoms with Crippen LogP contribution in [0.25, 0.3) is 0 Å². The van der Waals surface area contributed by atoms with Crippen LogP contribution in [0.1, 0.15) is 36.3 Å². The molecule has 1 aromatic heterocycles. The molecule has 0 aromatic carbocycles. The second-order valence-corrected chi connectivity index (χ2v) is 5.20. The van der Waals surface area contributed by atoms with Crippen LogP contribution in [0.3, 0.4) is 0 Å². The van der Waals surface area contributed by atoms with Gasteiger partial charge in [-0.05, 0) is 31.9 Å². The zero-order chi connectivity index (χ0) is 13.8. The summed E-state index contributed by atoms with van der Waals surface area (Å²) in [7, 11) is 0. The second kappa shape index (κ2) is 6.35. The van der Waals surface area contributed by atoms with Crippen molar-refractivity contribution in [2.45, 2.75) is 32.8 Å². The first-order chi connectivity index (χ1) is 9.10. The number of pyridine rings is 1. The molecule has 5 heteroatoms. The molecule has 1 unspecified atom stereocenters. The van der Waals surface area contributed by atoms with Gasteiger partial charge in [0.05, 0.1) is 6.10 Å². The van der Waals surface area contributed by atoms with Gasteiger partial charge in [-0.15, -0.1) is 0 Å². The third-order valence-electron chi connectivity index (χ3n) is 3.20. The molecular weight excluding hydrogens is 264 g/mol. The monoisotopic (exact) mass is 282 g/mol. The van der Waals surface area contributed by atoms with Gasteiger partial charge >= 0.3 is 0 Å². The van der Waals surface area contributed by atoms with E-state index in [0.29, 0.717) is 23.9 Å². The summed E-state index contributed by atoms with van der Waals surface area (Å²) in [5, 5.41) is 0.377. The molecule has 19 heavy (non-hydrogen) atoms. The smallest absolute Gasteiger partial charge is 0.254 e. The number of aryl methyl sites for hydroxylation is 1. The van der Waals surface area contributed by atoms with Gasteiger partial charge in [0.25, 0.3) is 5.91 Å². The lowest BCUT2D eigenvalue weighted by Crippen LogP contribution is -2.36. The van der Waals surface area contributed by atoms with Gasteiger partial charge in [-0.2, -0.15) is 0 Å². The van der Waals surface area contributed by atoms with Crippen molar-refractivity contribution >= 4 is 17.5 Å². The third-order valence-corrected chi connectivity index (χ3v) is 3.39. The maximum atomic E-state index is 12.5. The number of carbonyl (C=O) groups excluding carboxylic acids is 1. The minimum atomic E-state index is 0.0105. The van der Waals surface area contributed by atoms with E-state index in [1.165, 1.54) is 0 Å². The Morgan fingerprint density at radius 2 is 2.37 bits per heavy atom. The fraction of sp³-hybridized carbons (Fsp3) is 0.571. The SMILES string of the molecule is CCc1cc(C(=O)N2CCCOC(C)C2)cc(Cl)n1. The zero-order valence-electron chi connectivity index (χ0n) is 11.4. The average Bonchev–Trinajstić information content (AvgIpc) is 2.61. The normalized spacial score (nSPS) is 20.2. The molecule has 1 fully saturated rings. The van der Waals surface area contributed by atoms with Gasteiger partial charge in [0, 0.05) is 31.0 Å². The van der Waals surface area contributed by atoms with E-state index < -0.39 is 0 Å². The summed E-state index contributed by atoms with van der Waals surface area (Å²) >= 11 is 5.97. The molecule has 0 saturated carbocycles. The van der Waals surface area contributed by atoms with Crippen molar-refractivity contribution in [2.24, 2.45) is 0 Å². The van der Waals surface area contributed by atoms with Crippen LogP contribution in [0.4, 0.5) is 0 Å². The molecule has 1 saturated heterocycles. The quantitative estimate of drug-likeness (QED) is 0.783. The lowest BCUT2D eigenvalue weighted by Gasteiger charge is -2.22. The molecule has 4 nitrogen and oxygen atoms in total. The van der Waals surface area contributed by atoms with Crippen LogP contribution in [0.2, 0.25) is 5.15 Å². The van der Waals surface area contributed by atoms with E-state index in [-0.39, 0.29) is 12.0 Å². The summed E-state index contributed by atoms with van der Waals surface area (Å²) in [6.07, 6.45) is 1.71. The first kappa shape index (κ1) is 14.3. The molecule has 1 atom stereocenters. The maximum absolute atomic E-state index is 12.5. The molecule has 0 spiro atoms. The van der Waals surface area contributed by atoms with Crippen LogP contribution >= 0.6 is 11.6 Å². The van der Waals surface area contributed by atoms with Crippen LogP contribution in [0, 0.1) is 0 Å². The third kappa shape index (κ3) is 3.67.